The molecule has 0 spiro atoms. The number of carbonyl (C=O) groups is 2. The van der Waals surface area contributed by atoms with Gasteiger partial charge in [-0.25, -0.2) is 0 Å². The van der Waals surface area contributed by atoms with Crippen molar-refractivity contribution in [3.63, 3.8) is 0 Å². The minimum atomic E-state index is -0.290. The molecular weight excluding hydrogens is 408 g/mol. The van der Waals surface area contributed by atoms with Gasteiger partial charge in [0.1, 0.15) is 5.01 Å². The summed E-state index contributed by atoms with van der Waals surface area (Å²) in [6, 6.07) is 7.01. The number of carbonyl (C=O) groups excluding carboxylic acids is 2. The van der Waals surface area contributed by atoms with Crippen molar-refractivity contribution >= 4 is 40.4 Å². The molecule has 1 aliphatic carbocycles. The van der Waals surface area contributed by atoms with Gasteiger partial charge < -0.3 is 10.2 Å². The maximum atomic E-state index is 12.9. The monoisotopic (exact) mass is 432 g/mol. The number of piperidine rings is 1. The van der Waals surface area contributed by atoms with Gasteiger partial charge in [0.15, 0.2) is 0 Å². The third kappa shape index (κ3) is 4.95. The van der Waals surface area contributed by atoms with Gasteiger partial charge in [0.2, 0.25) is 10.9 Å². The molecule has 2 amide bonds. The summed E-state index contributed by atoms with van der Waals surface area (Å²) in [6.07, 6.45) is 7.55. The van der Waals surface area contributed by atoms with E-state index in [1.54, 1.807) is 24.3 Å². The highest BCUT2D eigenvalue weighted by Gasteiger charge is 2.32. The molecule has 1 aromatic carbocycles. The topological polar surface area (TPSA) is 75.2 Å². The Morgan fingerprint density at radius 1 is 1.10 bits per heavy atom. The first-order valence-corrected chi connectivity index (χ1v) is 11.5. The maximum Gasteiger partial charge on any atom is 0.286 e. The van der Waals surface area contributed by atoms with Crippen LogP contribution < -0.4 is 5.32 Å². The van der Waals surface area contributed by atoms with Gasteiger partial charge in [-0.15, -0.1) is 10.2 Å². The number of amides is 2. The molecule has 2 fully saturated rings. The summed E-state index contributed by atoms with van der Waals surface area (Å²) in [4.78, 5) is 27.4. The molecule has 1 atom stereocenters. The molecule has 6 nitrogen and oxygen atoms in total. The Morgan fingerprint density at radius 2 is 1.93 bits per heavy atom. The van der Waals surface area contributed by atoms with Gasteiger partial charge in [-0.1, -0.05) is 48.3 Å². The number of likely N-dealkylation sites (tertiary alicyclic amines) is 1. The van der Waals surface area contributed by atoms with Gasteiger partial charge in [-0.2, -0.15) is 0 Å². The second kappa shape index (κ2) is 9.22. The van der Waals surface area contributed by atoms with Crippen LogP contribution in [0.5, 0.6) is 0 Å². The zero-order chi connectivity index (χ0) is 20.2. The Balaban J connectivity index is 1.39. The molecule has 0 bridgehead atoms. The maximum absolute atomic E-state index is 12.9. The number of nitrogens with zero attached hydrogens (tertiary/aromatic N) is 3. The van der Waals surface area contributed by atoms with Crippen LogP contribution in [0.1, 0.15) is 65.7 Å². The number of anilines is 1. The van der Waals surface area contributed by atoms with Gasteiger partial charge in [0.05, 0.1) is 0 Å². The van der Waals surface area contributed by atoms with Crippen LogP contribution >= 0.6 is 22.9 Å². The van der Waals surface area contributed by atoms with Crippen LogP contribution in [0.2, 0.25) is 5.02 Å². The molecule has 154 valence electrons. The summed E-state index contributed by atoms with van der Waals surface area (Å²) in [7, 11) is 0. The lowest BCUT2D eigenvalue weighted by Gasteiger charge is -2.35. The van der Waals surface area contributed by atoms with E-state index in [4.69, 9.17) is 11.6 Å². The van der Waals surface area contributed by atoms with Crippen molar-refractivity contribution in [1.82, 2.24) is 15.1 Å². The summed E-state index contributed by atoms with van der Waals surface area (Å²) in [5.41, 5.74) is 0.626. The summed E-state index contributed by atoms with van der Waals surface area (Å²) in [6.45, 7) is 1.51. The van der Waals surface area contributed by atoms with E-state index in [1.807, 2.05) is 4.90 Å². The first kappa shape index (κ1) is 20.3. The van der Waals surface area contributed by atoms with E-state index in [2.05, 4.69) is 15.5 Å². The van der Waals surface area contributed by atoms with E-state index in [1.165, 1.54) is 17.8 Å². The molecule has 2 aromatic rings. The SMILES string of the molecule is O=C(Nc1cccc(Cl)c1)c1nnc([C@H]2CCCN(C(=O)C3CCCCC3)C2)s1. The van der Waals surface area contributed by atoms with Gasteiger partial charge in [0, 0.05) is 35.6 Å². The second-order valence-corrected chi connectivity index (χ2v) is 9.31. The van der Waals surface area contributed by atoms with Crippen molar-refractivity contribution in [3.8, 4) is 0 Å². The van der Waals surface area contributed by atoms with Crippen LogP contribution in [0.25, 0.3) is 0 Å². The molecular formula is C21H25ClN4O2S. The average Bonchev–Trinajstić information content (AvgIpc) is 3.25. The summed E-state index contributed by atoms with van der Waals surface area (Å²) in [5, 5.41) is 12.9. The van der Waals surface area contributed by atoms with Crippen molar-refractivity contribution in [2.45, 2.75) is 50.9 Å². The molecule has 0 unspecified atom stereocenters. The average molecular weight is 433 g/mol. The molecule has 1 saturated carbocycles. The smallest absolute Gasteiger partial charge is 0.286 e. The van der Waals surface area contributed by atoms with E-state index in [9.17, 15) is 9.59 Å². The van der Waals surface area contributed by atoms with Crippen LogP contribution in [-0.2, 0) is 4.79 Å². The van der Waals surface area contributed by atoms with Crippen molar-refractivity contribution in [2.24, 2.45) is 5.92 Å². The van der Waals surface area contributed by atoms with Crippen LogP contribution in [0.3, 0.4) is 0 Å². The summed E-state index contributed by atoms with van der Waals surface area (Å²) >= 11 is 7.28. The predicted octanol–water partition coefficient (Wildman–Crippen LogP) is 4.73. The van der Waals surface area contributed by atoms with Crippen molar-refractivity contribution in [3.05, 3.63) is 39.3 Å². The minimum absolute atomic E-state index is 0.154. The molecule has 2 aliphatic rings. The Kier molecular flexibility index (Phi) is 6.45. The molecule has 1 saturated heterocycles. The van der Waals surface area contributed by atoms with E-state index >= 15 is 0 Å². The molecule has 4 rings (SSSR count). The number of halogens is 1. The molecule has 0 radical (unpaired) electrons. The fourth-order valence-corrected chi connectivity index (χ4v) is 5.28. The molecule has 1 aromatic heterocycles. The zero-order valence-electron chi connectivity index (χ0n) is 16.3. The lowest BCUT2D eigenvalue weighted by Crippen LogP contribution is -2.42. The Bertz CT molecular complexity index is 881. The van der Waals surface area contributed by atoms with Crippen LogP contribution in [0.15, 0.2) is 24.3 Å². The quantitative estimate of drug-likeness (QED) is 0.757. The zero-order valence-corrected chi connectivity index (χ0v) is 17.8. The van der Waals surface area contributed by atoms with Gasteiger partial charge in [-0.05, 0) is 43.9 Å². The number of hydrogen-bond acceptors (Lipinski definition) is 5. The Morgan fingerprint density at radius 3 is 2.72 bits per heavy atom. The number of hydrogen-bond donors (Lipinski definition) is 1. The van der Waals surface area contributed by atoms with Crippen LogP contribution in [-0.4, -0.2) is 40.0 Å². The van der Waals surface area contributed by atoms with Gasteiger partial charge in [0.25, 0.3) is 5.91 Å². The highest BCUT2D eigenvalue weighted by Crippen LogP contribution is 2.32. The standard InChI is InChI=1S/C21H25ClN4O2S/c22-16-9-4-10-17(12-16)23-18(27)20-25-24-19(29-20)15-8-5-11-26(13-15)21(28)14-6-2-1-3-7-14/h4,9-10,12,14-15H,1-3,5-8,11,13H2,(H,23,27)/t15-/m0/s1. The van der Waals surface area contributed by atoms with Crippen molar-refractivity contribution in [1.29, 1.82) is 0 Å². The molecule has 8 heteroatoms. The van der Waals surface area contributed by atoms with Crippen molar-refractivity contribution in [2.75, 3.05) is 18.4 Å². The van der Waals surface area contributed by atoms with E-state index in [0.717, 1.165) is 50.1 Å². The van der Waals surface area contributed by atoms with E-state index in [0.29, 0.717) is 28.2 Å². The fourth-order valence-electron chi connectivity index (χ4n) is 4.23. The highest BCUT2D eigenvalue weighted by molar-refractivity contribution is 7.13. The molecule has 2 heterocycles. The second-order valence-electron chi connectivity index (χ2n) is 7.87. The first-order chi connectivity index (χ1) is 14.1. The van der Waals surface area contributed by atoms with Gasteiger partial charge >= 0.3 is 0 Å². The Hall–Kier alpha value is -1.99. The molecule has 1 aliphatic heterocycles. The largest absolute Gasteiger partial charge is 0.342 e. The normalized spacial score (nSPS) is 20.4. The Labute approximate surface area is 179 Å². The van der Waals surface area contributed by atoms with E-state index < -0.39 is 0 Å². The number of rotatable bonds is 4. The number of nitrogens with one attached hydrogen (secondary N) is 1. The highest BCUT2D eigenvalue weighted by atomic mass is 35.5. The van der Waals surface area contributed by atoms with Crippen LogP contribution in [0.4, 0.5) is 5.69 Å². The molecule has 1 N–H and O–H groups in total. The number of benzene rings is 1. The van der Waals surface area contributed by atoms with Crippen LogP contribution in [0, 0.1) is 5.92 Å². The van der Waals surface area contributed by atoms with E-state index in [-0.39, 0.29) is 17.7 Å². The molecule has 29 heavy (non-hydrogen) atoms. The lowest BCUT2D eigenvalue weighted by atomic mass is 9.87. The third-order valence-corrected chi connectivity index (χ3v) is 7.07. The first-order valence-electron chi connectivity index (χ1n) is 10.3. The third-order valence-electron chi connectivity index (χ3n) is 5.75. The van der Waals surface area contributed by atoms with Gasteiger partial charge in [-0.3, -0.25) is 9.59 Å². The minimum Gasteiger partial charge on any atom is -0.342 e. The predicted molar refractivity (Wildman–Crippen MR) is 114 cm³/mol. The van der Waals surface area contributed by atoms with Crippen molar-refractivity contribution < 1.29 is 9.59 Å². The summed E-state index contributed by atoms with van der Waals surface area (Å²) < 4.78 is 0. The fraction of sp³-hybridized carbons (Fsp3) is 0.524. The summed E-state index contributed by atoms with van der Waals surface area (Å²) in [5.74, 6) is 0.359. The number of aromatic nitrogens is 2. The lowest BCUT2D eigenvalue weighted by molar-refractivity contribution is -0.137.